The minimum absolute atomic E-state index is 0.0466. The zero-order valence-electron chi connectivity index (χ0n) is 16.4. The summed E-state index contributed by atoms with van der Waals surface area (Å²) in [5.74, 6) is 0.169. The number of aromatic nitrogens is 1. The van der Waals surface area contributed by atoms with E-state index < -0.39 is 15.9 Å². The molecule has 1 saturated heterocycles. The van der Waals surface area contributed by atoms with Gasteiger partial charge in [-0.3, -0.25) is 4.79 Å². The van der Waals surface area contributed by atoms with E-state index in [9.17, 15) is 13.2 Å². The van der Waals surface area contributed by atoms with Gasteiger partial charge in [-0.25, -0.2) is 8.42 Å². The molecule has 3 aromatic rings. The molecular formula is C22H21ClN2O4S. The van der Waals surface area contributed by atoms with Gasteiger partial charge in [-0.05, 0) is 31.0 Å². The molecule has 0 aliphatic carbocycles. The first-order valence-electron chi connectivity index (χ1n) is 9.60. The number of carbonyl (C=O) groups is 1. The average Bonchev–Trinajstić information content (AvgIpc) is 3.34. The van der Waals surface area contributed by atoms with Crippen LogP contribution in [0.3, 0.4) is 0 Å². The molecule has 156 valence electrons. The number of rotatable bonds is 5. The number of aryl methyl sites for hydroxylation is 1. The van der Waals surface area contributed by atoms with E-state index in [0.29, 0.717) is 17.2 Å². The molecule has 2 aromatic carbocycles. The fraction of sp³-hybridized carbons (Fsp3) is 0.273. The average molecular weight is 445 g/mol. The maximum absolute atomic E-state index is 13.3. The third kappa shape index (κ3) is 4.57. The molecule has 0 saturated carbocycles. The largest absolute Gasteiger partial charge is 0.355 e. The van der Waals surface area contributed by atoms with E-state index in [1.54, 1.807) is 23.1 Å². The Kier molecular flexibility index (Phi) is 5.66. The summed E-state index contributed by atoms with van der Waals surface area (Å²) in [4.78, 5) is 14.9. The van der Waals surface area contributed by atoms with Gasteiger partial charge >= 0.3 is 0 Å². The molecule has 1 aromatic heterocycles. The van der Waals surface area contributed by atoms with Gasteiger partial charge in [-0.15, -0.1) is 0 Å². The van der Waals surface area contributed by atoms with Crippen LogP contribution in [0.15, 0.2) is 59.1 Å². The number of nitrogens with zero attached hydrogens (tertiary/aromatic N) is 2. The molecule has 8 heteroatoms. The SMILES string of the molecule is Cc1ccc(-c2cc(C(=O)N(Cc3ccc(Cl)cc3)[C@H]3CCS(=O)(=O)C3)no2)cc1. The second kappa shape index (κ2) is 8.24. The highest BCUT2D eigenvalue weighted by Crippen LogP contribution is 2.25. The van der Waals surface area contributed by atoms with E-state index in [1.807, 2.05) is 43.3 Å². The standard InChI is InChI=1S/C22H21ClN2O4S/c1-15-2-6-17(7-3-15)21-12-20(24-29-21)22(26)25(19-10-11-30(27,28)14-19)13-16-4-8-18(23)9-5-16/h2-9,12,19H,10-11,13-14H2,1H3/t19-/m0/s1. The smallest absolute Gasteiger partial charge is 0.276 e. The predicted molar refractivity (Wildman–Crippen MR) is 115 cm³/mol. The monoisotopic (exact) mass is 444 g/mol. The highest BCUT2D eigenvalue weighted by molar-refractivity contribution is 7.91. The number of carbonyl (C=O) groups excluding carboxylic acids is 1. The van der Waals surface area contributed by atoms with Crippen LogP contribution < -0.4 is 0 Å². The highest BCUT2D eigenvalue weighted by atomic mass is 35.5. The van der Waals surface area contributed by atoms with Gasteiger partial charge in [0.15, 0.2) is 21.3 Å². The molecule has 30 heavy (non-hydrogen) atoms. The van der Waals surface area contributed by atoms with Crippen molar-refractivity contribution in [3.8, 4) is 11.3 Å². The molecular weight excluding hydrogens is 424 g/mol. The van der Waals surface area contributed by atoms with Crippen molar-refractivity contribution in [3.05, 3.63) is 76.4 Å². The van der Waals surface area contributed by atoms with Crippen molar-refractivity contribution in [2.45, 2.75) is 25.9 Å². The minimum atomic E-state index is -3.16. The van der Waals surface area contributed by atoms with Crippen molar-refractivity contribution in [3.63, 3.8) is 0 Å². The summed E-state index contributed by atoms with van der Waals surface area (Å²) in [6, 6.07) is 16.1. The van der Waals surface area contributed by atoms with Gasteiger partial charge in [0.25, 0.3) is 5.91 Å². The van der Waals surface area contributed by atoms with E-state index in [1.165, 1.54) is 0 Å². The van der Waals surface area contributed by atoms with Gasteiger partial charge in [0.2, 0.25) is 0 Å². The van der Waals surface area contributed by atoms with Gasteiger partial charge in [0, 0.05) is 29.2 Å². The number of sulfone groups is 1. The lowest BCUT2D eigenvalue weighted by Crippen LogP contribution is -2.40. The van der Waals surface area contributed by atoms with Crippen LogP contribution >= 0.6 is 11.6 Å². The molecule has 1 aliphatic rings. The molecule has 0 N–H and O–H groups in total. The third-order valence-corrected chi connectivity index (χ3v) is 7.24. The molecule has 1 aliphatic heterocycles. The van der Waals surface area contributed by atoms with Crippen molar-refractivity contribution in [1.29, 1.82) is 0 Å². The van der Waals surface area contributed by atoms with E-state index in [4.69, 9.17) is 16.1 Å². The van der Waals surface area contributed by atoms with Gasteiger partial charge in [0.05, 0.1) is 11.5 Å². The fourth-order valence-corrected chi connectivity index (χ4v) is 5.41. The summed E-state index contributed by atoms with van der Waals surface area (Å²) in [7, 11) is -3.16. The molecule has 0 unspecified atom stereocenters. The summed E-state index contributed by atoms with van der Waals surface area (Å²) in [6.07, 6.45) is 0.407. The maximum atomic E-state index is 13.3. The molecule has 1 atom stereocenters. The van der Waals surface area contributed by atoms with E-state index in [0.717, 1.165) is 16.7 Å². The molecule has 2 heterocycles. The normalized spacial score (nSPS) is 17.7. The van der Waals surface area contributed by atoms with Gasteiger partial charge in [-0.1, -0.05) is 58.7 Å². The first-order valence-corrected chi connectivity index (χ1v) is 11.8. The number of hydrogen-bond acceptors (Lipinski definition) is 5. The number of hydrogen-bond donors (Lipinski definition) is 0. The van der Waals surface area contributed by atoms with E-state index in [-0.39, 0.29) is 29.7 Å². The Morgan fingerprint density at radius 1 is 1.17 bits per heavy atom. The molecule has 1 fully saturated rings. The van der Waals surface area contributed by atoms with Crippen LogP contribution in [0.2, 0.25) is 5.02 Å². The Balaban J connectivity index is 1.62. The zero-order chi connectivity index (χ0) is 21.3. The Hall–Kier alpha value is -2.64. The third-order valence-electron chi connectivity index (χ3n) is 5.24. The van der Waals surface area contributed by atoms with E-state index >= 15 is 0 Å². The van der Waals surface area contributed by atoms with Crippen LogP contribution in [0, 0.1) is 6.92 Å². The highest BCUT2D eigenvalue weighted by Gasteiger charge is 2.36. The first kappa shape index (κ1) is 20.6. The van der Waals surface area contributed by atoms with Crippen LogP contribution in [0.5, 0.6) is 0 Å². The molecule has 0 spiro atoms. The lowest BCUT2D eigenvalue weighted by atomic mass is 10.1. The topological polar surface area (TPSA) is 80.5 Å². The van der Waals surface area contributed by atoms with E-state index in [2.05, 4.69) is 5.16 Å². The van der Waals surface area contributed by atoms with Gasteiger partial charge in [0.1, 0.15) is 0 Å². The quantitative estimate of drug-likeness (QED) is 0.591. The van der Waals surface area contributed by atoms with Crippen LogP contribution in [0.4, 0.5) is 0 Å². The molecule has 6 nitrogen and oxygen atoms in total. The molecule has 0 radical (unpaired) electrons. The van der Waals surface area contributed by atoms with Crippen LogP contribution in [-0.2, 0) is 16.4 Å². The van der Waals surface area contributed by atoms with Crippen LogP contribution in [0.25, 0.3) is 11.3 Å². The van der Waals surface area contributed by atoms with Crippen molar-refractivity contribution in [2.24, 2.45) is 0 Å². The first-order chi connectivity index (χ1) is 14.3. The van der Waals surface area contributed by atoms with Gasteiger partial charge < -0.3 is 9.42 Å². The summed E-state index contributed by atoms with van der Waals surface area (Å²) in [5.41, 5.74) is 2.95. The molecule has 1 amide bonds. The lowest BCUT2D eigenvalue weighted by molar-refractivity contribution is 0.0670. The summed E-state index contributed by atoms with van der Waals surface area (Å²) in [6.45, 7) is 2.26. The van der Waals surface area contributed by atoms with Crippen molar-refractivity contribution in [2.75, 3.05) is 11.5 Å². The van der Waals surface area contributed by atoms with Crippen molar-refractivity contribution >= 4 is 27.3 Å². The Morgan fingerprint density at radius 2 is 1.87 bits per heavy atom. The second-order valence-electron chi connectivity index (χ2n) is 7.56. The predicted octanol–water partition coefficient (Wildman–Crippen LogP) is 4.13. The number of halogens is 1. The van der Waals surface area contributed by atoms with Crippen LogP contribution in [0.1, 0.15) is 28.0 Å². The lowest BCUT2D eigenvalue weighted by Gasteiger charge is -2.27. The summed E-state index contributed by atoms with van der Waals surface area (Å²) >= 11 is 5.96. The Morgan fingerprint density at radius 3 is 2.50 bits per heavy atom. The second-order valence-corrected chi connectivity index (χ2v) is 10.2. The number of benzene rings is 2. The molecule has 4 rings (SSSR count). The maximum Gasteiger partial charge on any atom is 0.276 e. The summed E-state index contributed by atoms with van der Waals surface area (Å²) < 4.78 is 29.5. The minimum Gasteiger partial charge on any atom is -0.355 e. The zero-order valence-corrected chi connectivity index (χ0v) is 18.0. The Bertz CT molecular complexity index is 1150. The molecule has 0 bridgehead atoms. The van der Waals surface area contributed by atoms with Gasteiger partial charge in [-0.2, -0.15) is 0 Å². The number of amides is 1. The van der Waals surface area contributed by atoms with Crippen molar-refractivity contribution in [1.82, 2.24) is 10.1 Å². The fourth-order valence-electron chi connectivity index (χ4n) is 3.55. The summed E-state index contributed by atoms with van der Waals surface area (Å²) in [5, 5.41) is 4.56. The van der Waals surface area contributed by atoms with Crippen LogP contribution in [-0.4, -0.2) is 41.9 Å². The Labute approximate surface area is 180 Å². The van der Waals surface area contributed by atoms with Crippen molar-refractivity contribution < 1.29 is 17.7 Å².